The smallest absolute Gasteiger partial charge is 0.338 e. The van der Waals surface area contributed by atoms with Gasteiger partial charge < -0.3 is 10.5 Å². The van der Waals surface area contributed by atoms with Gasteiger partial charge in [0.2, 0.25) is 0 Å². The number of hydrogen-bond acceptors (Lipinski definition) is 5. The van der Waals surface area contributed by atoms with E-state index in [2.05, 4.69) is 10.1 Å². The second-order valence-electron chi connectivity index (χ2n) is 3.33. The number of rotatable bonds is 3. The molecule has 1 heterocycles. The van der Waals surface area contributed by atoms with E-state index in [9.17, 15) is 4.79 Å². The number of benzene rings is 1. The monoisotopic (exact) mass is 232 g/mol. The van der Waals surface area contributed by atoms with Crippen molar-refractivity contribution >= 4 is 11.7 Å². The van der Waals surface area contributed by atoms with Crippen LogP contribution in [0, 0.1) is 0 Å². The second-order valence-corrected chi connectivity index (χ2v) is 3.33. The fourth-order valence-corrected chi connectivity index (χ4v) is 1.44. The molecule has 0 aliphatic carbocycles. The number of nitrogen functional groups attached to an aromatic ring is 1. The lowest BCUT2D eigenvalue weighted by Crippen LogP contribution is -2.07. The van der Waals surface area contributed by atoms with Crippen LogP contribution in [0.1, 0.15) is 17.3 Å². The van der Waals surface area contributed by atoms with E-state index in [-0.39, 0.29) is 5.97 Å². The van der Waals surface area contributed by atoms with Crippen molar-refractivity contribution in [1.82, 2.24) is 14.8 Å². The summed E-state index contributed by atoms with van der Waals surface area (Å²) in [6, 6.07) is 4.91. The first-order valence-electron chi connectivity index (χ1n) is 5.14. The van der Waals surface area contributed by atoms with Crippen molar-refractivity contribution in [3.63, 3.8) is 0 Å². The lowest BCUT2D eigenvalue weighted by molar-refractivity contribution is 0.0526. The Morgan fingerprint density at radius 1 is 1.53 bits per heavy atom. The SMILES string of the molecule is CCOC(=O)c1ccc(-n2cncn2)c(N)c1. The Bertz CT molecular complexity index is 522. The third kappa shape index (κ3) is 2.25. The molecule has 2 N–H and O–H groups in total. The molecule has 1 aromatic heterocycles. The predicted octanol–water partition coefficient (Wildman–Crippen LogP) is 1.03. The molecule has 0 bridgehead atoms. The molecule has 6 nitrogen and oxygen atoms in total. The van der Waals surface area contributed by atoms with E-state index < -0.39 is 0 Å². The first-order chi connectivity index (χ1) is 8.22. The number of nitrogens with two attached hydrogens (primary N) is 1. The van der Waals surface area contributed by atoms with Crippen LogP contribution >= 0.6 is 0 Å². The van der Waals surface area contributed by atoms with Crippen molar-refractivity contribution in [2.24, 2.45) is 0 Å². The number of ether oxygens (including phenoxy) is 1. The van der Waals surface area contributed by atoms with Gasteiger partial charge in [-0.2, -0.15) is 5.10 Å². The largest absolute Gasteiger partial charge is 0.462 e. The van der Waals surface area contributed by atoms with Crippen LogP contribution in [-0.2, 0) is 4.74 Å². The van der Waals surface area contributed by atoms with Gasteiger partial charge in [-0.1, -0.05) is 0 Å². The normalized spacial score (nSPS) is 10.2. The van der Waals surface area contributed by atoms with Crippen molar-refractivity contribution in [3.8, 4) is 5.69 Å². The summed E-state index contributed by atoms with van der Waals surface area (Å²) in [5, 5.41) is 3.97. The van der Waals surface area contributed by atoms with Gasteiger partial charge in [0.25, 0.3) is 0 Å². The fourth-order valence-electron chi connectivity index (χ4n) is 1.44. The van der Waals surface area contributed by atoms with Gasteiger partial charge in [-0.25, -0.2) is 14.5 Å². The molecule has 2 rings (SSSR count). The number of nitrogens with zero attached hydrogens (tertiary/aromatic N) is 3. The predicted molar refractivity (Wildman–Crippen MR) is 61.7 cm³/mol. The fraction of sp³-hybridized carbons (Fsp3) is 0.182. The number of esters is 1. The highest BCUT2D eigenvalue weighted by atomic mass is 16.5. The van der Waals surface area contributed by atoms with Crippen molar-refractivity contribution < 1.29 is 9.53 Å². The zero-order chi connectivity index (χ0) is 12.3. The molecule has 0 spiro atoms. The lowest BCUT2D eigenvalue weighted by atomic mass is 10.2. The van der Waals surface area contributed by atoms with E-state index in [1.165, 1.54) is 17.3 Å². The van der Waals surface area contributed by atoms with Gasteiger partial charge in [0.15, 0.2) is 0 Å². The maximum atomic E-state index is 11.5. The Morgan fingerprint density at radius 2 is 2.35 bits per heavy atom. The van der Waals surface area contributed by atoms with E-state index in [1.54, 1.807) is 25.1 Å². The second kappa shape index (κ2) is 4.65. The first-order valence-corrected chi connectivity index (χ1v) is 5.14. The molecule has 0 atom stereocenters. The molecule has 0 saturated heterocycles. The molecule has 0 fully saturated rings. The third-order valence-electron chi connectivity index (χ3n) is 2.20. The Labute approximate surface area is 98.0 Å². The Balaban J connectivity index is 2.32. The number of hydrogen-bond donors (Lipinski definition) is 1. The van der Waals surface area contributed by atoms with E-state index in [1.807, 2.05) is 0 Å². The molecule has 88 valence electrons. The quantitative estimate of drug-likeness (QED) is 0.631. The topological polar surface area (TPSA) is 83.0 Å². The Hall–Kier alpha value is -2.37. The molecule has 6 heteroatoms. The van der Waals surface area contributed by atoms with Crippen LogP contribution in [0.5, 0.6) is 0 Å². The van der Waals surface area contributed by atoms with Crippen LogP contribution in [-0.4, -0.2) is 27.3 Å². The standard InChI is InChI=1S/C11H12N4O2/c1-2-17-11(16)8-3-4-10(9(12)5-8)15-7-13-6-14-15/h3-7H,2,12H2,1H3. The molecular weight excluding hydrogens is 220 g/mol. The van der Waals surface area contributed by atoms with Gasteiger partial charge in [0.05, 0.1) is 23.5 Å². The molecule has 17 heavy (non-hydrogen) atoms. The van der Waals surface area contributed by atoms with Crippen LogP contribution in [0.4, 0.5) is 5.69 Å². The summed E-state index contributed by atoms with van der Waals surface area (Å²) >= 11 is 0. The maximum absolute atomic E-state index is 11.5. The van der Waals surface area contributed by atoms with Gasteiger partial charge in [-0.05, 0) is 25.1 Å². The Kier molecular flexibility index (Phi) is 3.04. The summed E-state index contributed by atoms with van der Waals surface area (Å²) in [5.41, 5.74) is 7.40. The summed E-state index contributed by atoms with van der Waals surface area (Å²) < 4.78 is 6.42. The maximum Gasteiger partial charge on any atom is 0.338 e. The molecule has 0 amide bonds. The number of anilines is 1. The summed E-state index contributed by atoms with van der Waals surface area (Å²) in [6.07, 6.45) is 2.95. The lowest BCUT2D eigenvalue weighted by Gasteiger charge is -2.07. The molecule has 0 radical (unpaired) electrons. The molecular formula is C11H12N4O2. The number of carbonyl (C=O) groups is 1. The summed E-state index contributed by atoms with van der Waals surface area (Å²) in [5.74, 6) is -0.385. The zero-order valence-electron chi connectivity index (χ0n) is 9.33. The van der Waals surface area contributed by atoms with Gasteiger partial charge >= 0.3 is 5.97 Å². The minimum absolute atomic E-state index is 0.337. The highest BCUT2D eigenvalue weighted by molar-refractivity contribution is 5.91. The highest BCUT2D eigenvalue weighted by Gasteiger charge is 2.09. The number of carbonyl (C=O) groups excluding carboxylic acids is 1. The third-order valence-corrected chi connectivity index (χ3v) is 2.20. The van der Waals surface area contributed by atoms with Crippen molar-refractivity contribution in [2.75, 3.05) is 12.3 Å². The Morgan fingerprint density at radius 3 is 2.94 bits per heavy atom. The summed E-state index contributed by atoms with van der Waals surface area (Å²) in [4.78, 5) is 15.3. The van der Waals surface area contributed by atoms with E-state index >= 15 is 0 Å². The first kappa shape index (κ1) is 11.1. The average Bonchev–Trinajstić information content (AvgIpc) is 2.82. The summed E-state index contributed by atoms with van der Waals surface area (Å²) in [6.45, 7) is 2.09. The van der Waals surface area contributed by atoms with Crippen LogP contribution in [0.2, 0.25) is 0 Å². The van der Waals surface area contributed by atoms with Crippen LogP contribution in [0.3, 0.4) is 0 Å². The average molecular weight is 232 g/mol. The molecule has 0 aliphatic heterocycles. The molecule has 1 aromatic carbocycles. The zero-order valence-corrected chi connectivity index (χ0v) is 9.33. The molecule has 0 saturated carbocycles. The van der Waals surface area contributed by atoms with Crippen LogP contribution in [0.25, 0.3) is 5.69 Å². The van der Waals surface area contributed by atoms with Gasteiger partial charge in [-0.3, -0.25) is 0 Å². The van der Waals surface area contributed by atoms with Crippen LogP contribution < -0.4 is 5.73 Å². The van der Waals surface area contributed by atoms with Crippen molar-refractivity contribution in [1.29, 1.82) is 0 Å². The van der Waals surface area contributed by atoms with E-state index in [0.717, 1.165) is 0 Å². The molecule has 0 aliphatic rings. The summed E-state index contributed by atoms with van der Waals surface area (Å²) in [7, 11) is 0. The highest BCUT2D eigenvalue weighted by Crippen LogP contribution is 2.18. The molecule has 2 aromatic rings. The minimum Gasteiger partial charge on any atom is -0.462 e. The van der Waals surface area contributed by atoms with Crippen LogP contribution in [0.15, 0.2) is 30.9 Å². The van der Waals surface area contributed by atoms with E-state index in [4.69, 9.17) is 10.5 Å². The van der Waals surface area contributed by atoms with E-state index in [0.29, 0.717) is 23.5 Å². The van der Waals surface area contributed by atoms with Crippen molar-refractivity contribution in [3.05, 3.63) is 36.4 Å². The van der Waals surface area contributed by atoms with Gasteiger partial charge in [0.1, 0.15) is 12.7 Å². The molecule has 0 unspecified atom stereocenters. The minimum atomic E-state index is -0.385. The van der Waals surface area contributed by atoms with Gasteiger partial charge in [-0.15, -0.1) is 0 Å². The number of aromatic nitrogens is 3. The van der Waals surface area contributed by atoms with Crippen molar-refractivity contribution in [2.45, 2.75) is 6.92 Å². The van der Waals surface area contributed by atoms with Gasteiger partial charge in [0, 0.05) is 0 Å².